The van der Waals surface area contributed by atoms with E-state index in [4.69, 9.17) is 5.73 Å². The number of halogens is 3. The molecule has 0 spiro atoms. The summed E-state index contributed by atoms with van der Waals surface area (Å²) in [6.45, 7) is 3.70. The lowest BCUT2D eigenvalue weighted by Crippen LogP contribution is -2.08. The number of imidazole rings is 1. The van der Waals surface area contributed by atoms with E-state index < -0.39 is 11.7 Å². The van der Waals surface area contributed by atoms with Crippen LogP contribution in [0.1, 0.15) is 24.0 Å². The van der Waals surface area contributed by atoms with E-state index in [-0.39, 0.29) is 5.69 Å². The maximum atomic E-state index is 12.8. The summed E-state index contributed by atoms with van der Waals surface area (Å²) in [7, 11) is 0. The van der Waals surface area contributed by atoms with Crippen molar-refractivity contribution in [1.29, 1.82) is 0 Å². The van der Waals surface area contributed by atoms with E-state index in [1.54, 1.807) is 17.7 Å². The van der Waals surface area contributed by atoms with Crippen LogP contribution in [-0.4, -0.2) is 9.55 Å². The summed E-state index contributed by atoms with van der Waals surface area (Å²) >= 11 is 0. The summed E-state index contributed by atoms with van der Waals surface area (Å²) in [4.78, 5) is 4.27. The van der Waals surface area contributed by atoms with Crippen molar-refractivity contribution in [2.45, 2.75) is 26.4 Å². The zero-order valence-corrected chi connectivity index (χ0v) is 10.6. The van der Waals surface area contributed by atoms with Crippen molar-refractivity contribution < 1.29 is 13.2 Å². The molecule has 0 bridgehead atoms. The molecule has 2 aromatic rings. The lowest BCUT2D eigenvalue weighted by atomic mass is 10.1. The third-order valence-corrected chi connectivity index (χ3v) is 2.76. The molecule has 0 unspecified atom stereocenters. The third kappa shape index (κ3) is 2.72. The summed E-state index contributed by atoms with van der Waals surface area (Å²) in [6.07, 6.45) is -2.08. The van der Waals surface area contributed by atoms with Gasteiger partial charge in [0.1, 0.15) is 5.82 Å². The van der Waals surface area contributed by atoms with Crippen molar-refractivity contribution >= 4 is 5.69 Å². The van der Waals surface area contributed by atoms with Gasteiger partial charge in [0, 0.05) is 24.0 Å². The standard InChI is InChI=1S/C13H14F3N3/c1-3-12-18-8(2)7-19(12)11-5-9(13(14,15)16)4-10(17)6-11/h4-7H,3,17H2,1-2H3. The van der Waals surface area contributed by atoms with Crippen molar-refractivity contribution in [1.82, 2.24) is 9.55 Å². The van der Waals surface area contributed by atoms with Crippen LogP contribution in [0.15, 0.2) is 24.4 Å². The first-order chi connectivity index (χ1) is 8.81. The van der Waals surface area contributed by atoms with Crippen molar-refractivity contribution in [3.8, 4) is 5.69 Å². The lowest BCUT2D eigenvalue weighted by Gasteiger charge is -2.12. The fraction of sp³-hybridized carbons (Fsp3) is 0.308. The molecule has 0 amide bonds. The van der Waals surface area contributed by atoms with E-state index in [0.29, 0.717) is 17.9 Å². The van der Waals surface area contributed by atoms with Gasteiger partial charge in [0.25, 0.3) is 0 Å². The van der Waals surface area contributed by atoms with Crippen LogP contribution in [0, 0.1) is 6.92 Å². The van der Waals surface area contributed by atoms with Crippen LogP contribution in [0.25, 0.3) is 5.69 Å². The minimum atomic E-state index is -4.41. The molecule has 0 aliphatic carbocycles. The number of hydrogen-bond acceptors (Lipinski definition) is 2. The van der Waals surface area contributed by atoms with Crippen LogP contribution in [-0.2, 0) is 12.6 Å². The zero-order valence-electron chi connectivity index (χ0n) is 10.6. The van der Waals surface area contributed by atoms with Gasteiger partial charge in [-0.05, 0) is 25.1 Å². The Kier molecular flexibility index (Phi) is 3.26. The molecule has 1 aromatic heterocycles. The molecule has 2 N–H and O–H groups in total. The van der Waals surface area contributed by atoms with E-state index in [1.807, 2.05) is 6.92 Å². The summed E-state index contributed by atoms with van der Waals surface area (Å²) in [5.74, 6) is 0.705. The van der Waals surface area contributed by atoms with Gasteiger partial charge in [0.15, 0.2) is 0 Å². The SMILES string of the molecule is CCc1nc(C)cn1-c1cc(N)cc(C(F)(F)F)c1. The van der Waals surface area contributed by atoms with E-state index >= 15 is 0 Å². The van der Waals surface area contributed by atoms with Crippen LogP contribution in [0.2, 0.25) is 0 Å². The molecular formula is C13H14F3N3. The Hall–Kier alpha value is -1.98. The molecule has 0 saturated carbocycles. The molecule has 1 aromatic carbocycles. The van der Waals surface area contributed by atoms with Gasteiger partial charge in [-0.3, -0.25) is 0 Å². The minimum absolute atomic E-state index is 0.0817. The van der Waals surface area contributed by atoms with Crippen LogP contribution in [0.3, 0.4) is 0 Å². The molecule has 19 heavy (non-hydrogen) atoms. The molecule has 0 atom stereocenters. The van der Waals surface area contributed by atoms with E-state index in [0.717, 1.165) is 17.8 Å². The molecule has 0 aliphatic heterocycles. The number of nitrogens with two attached hydrogens (primary N) is 1. The molecule has 2 rings (SSSR count). The van der Waals surface area contributed by atoms with E-state index in [9.17, 15) is 13.2 Å². The predicted molar refractivity (Wildman–Crippen MR) is 67.1 cm³/mol. The normalized spacial score (nSPS) is 11.8. The van der Waals surface area contributed by atoms with Crippen molar-refractivity contribution in [3.05, 3.63) is 41.5 Å². The summed E-state index contributed by atoms with van der Waals surface area (Å²) in [5, 5.41) is 0. The highest BCUT2D eigenvalue weighted by molar-refractivity contribution is 5.52. The molecule has 3 nitrogen and oxygen atoms in total. The minimum Gasteiger partial charge on any atom is -0.399 e. The molecular weight excluding hydrogens is 255 g/mol. The number of nitrogen functional groups attached to an aromatic ring is 1. The van der Waals surface area contributed by atoms with Gasteiger partial charge in [-0.15, -0.1) is 0 Å². The monoisotopic (exact) mass is 269 g/mol. The first-order valence-corrected chi connectivity index (χ1v) is 5.84. The van der Waals surface area contributed by atoms with Gasteiger partial charge >= 0.3 is 6.18 Å². The average Bonchev–Trinajstić information content (AvgIpc) is 2.68. The average molecular weight is 269 g/mol. The van der Waals surface area contributed by atoms with Crippen molar-refractivity contribution in [2.24, 2.45) is 0 Å². The number of anilines is 1. The number of rotatable bonds is 2. The van der Waals surface area contributed by atoms with Crippen molar-refractivity contribution in [3.63, 3.8) is 0 Å². The summed E-state index contributed by atoms with van der Waals surface area (Å²) < 4.78 is 40.0. The molecule has 1 heterocycles. The van der Waals surface area contributed by atoms with Gasteiger partial charge in [-0.2, -0.15) is 13.2 Å². The quantitative estimate of drug-likeness (QED) is 0.850. The highest BCUT2D eigenvalue weighted by Crippen LogP contribution is 2.32. The number of aromatic nitrogens is 2. The predicted octanol–water partition coefficient (Wildman–Crippen LogP) is 3.34. The molecule has 0 aliphatic rings. The van der Waals surface area contributed by atoms with Gasteiger partial charge in [0.05, 0.1) is 11.3 Å². The van der Waals surface area contributed by atoms with Gasteiger partial charge in [-0.25, -0.2) is 4.98 Å². The lowest BCUT2D eigenvalue weighted by molar-refractivity contribution is -0.137. The van der Waals surface area contributed by atoms with Crippen molar-refractivity contribution in [2.75, 3.05) is 5.73 Å². The highest BCUT2D eigenvalue weighted by Gasteiger charge is 2.31. The second-order valence-corrected chi connectivity index (χ2v) is 4.33. The fourth-order valence-electron chi connectivity index (χ4n) is 1.96. The topological polar surface area (TPSA) is 43.8 Å². The maximum Gasteiger partial charge on any atom is 0.416 e. The number of alkyl halides is 3. The van der Waals surface area contributed by atoms with Crippen LogP contribution in [0.4, 0.5) is 18.9 Å². The van der Waals surface area contributed by atoms with E-state index in [1.165, 1.54) is 6.07 Å². The first-order valence-electron chi connectivity index (χ1n) is 5.84. The van der Waals surface area contributed by atoms with Crippen LogP contribution in [0.5, 0.6) is 0 Å². The Bertz CT molecular complexity index is 600. The second kappa shape index (κ2) is 4.60. The van der Waals surface area contributed by atoms with Gasteiger partial charge in [-0.1, -0.05) is 6.92 Å². The molecule has 0 fully saturated rings. The van der Waals surface area contributed by atoms with Gasteiger partial charge in [0.2, 0.25) is 0 Å². The Morgan fingerprint density at radius 1 is 1.26 bits per heavy atom. The largest absolute Gasteiger partial charge is 0.416 e. The molecule has 102 valence electrons. The third-order valence-electron chi connectivity index (χ3n) is 2.76. The van der Waals surface area contributed by atoms with Gasteiger partial charge < -0.3 is 10.3 Å². The maximum absolute atomic E-state index is 12.8. The summed E-state index contributed by atoms with van der Waals surface area (Å²) in [6, 6.07) is 3.52. The zero-order chi connectivity index (χ0) is 14.2. The Labute approximate surface area is 108 Å². The second-order valence-electron chi connectivity index (χ2n) is 4.33. The number of nitrogens with zero attached hydrogens (tertiary/aromatic N) is 2. The van der Waals surface area contributed by atoms with Crippen LogP contribution >= 0.6 is 0 Å². The molecule has 6 heteroatoms. The number of benzene rings is 1. The number of hydrogen-bond donors (Lipinski definition) is 1. The molecule has 0 radical (unpaired) electrons. The fourth-order valence-corrected chi connectivity index (χ4v) is 1.96. The van der Waals surface area contributed by atoms with E-state index in [2.05, 4.69) is 4.98 Å². The Morgan fingerprint density at radius 3 is 2.53 bits per heavy atom. The summed E-state index contributed by atoms with van der Waals surface area (Å²) in [5.41, 5.74) is 6.02. The highest BCUT2D eigenvalue weighted by atomic mass is 19.4. The Balaban J connectivity index is 2.59. The Morgan fingerprint density at radius 2 is 1.95 bits per heavy atom. The van der Waals surface area contributed by atoms with Crippen LogP contribution < -0.4 is 5.73 Å². The number of aryl methyl sites for hydroxylation is 2. The molecule has 0 saturated heterocycles. The first kappa shape index (κ1) is 13.5. The smallest absolute Gasteiger partial charge is 0.399 e.